The molecular weight excluding hydrogens is 264 g/mol. The van der Waals surface area contributed by atoms with Crippen LogP contribution in [0.15, 0.2) is 24.3 Å². The van der Waals surface area contributed by atoms with E-state index in [0.717, 1.165) is 17.5 Å². The van der Waals surface area contributed by atoms with Gasteiger partial charge in [-0.2, -0.15) is 0 Å². The van der Waals surface area contributed by atoms with E-state index in [0.29, 0.717) is 0 Å². The van der Waals surface area contributed by atoms with Crippen LogP contribution in [-0.2, 0) is 6.42 Å². The quantitative estimate of drug-likeness (QED) is 0.501. The first-order valence-electron chi connectivity index (χ1n) is 6.06. The van der Waals surface area contributed by atoms with Crippen LogP contribution in [0.1, 0.15) is 37.7 Å². The first kappa shape index (κ1) is 13.6. The number of hydrogen-bond donors (Lipinski definition) is 0. The van der Waals surface area contributed by atoms with E-state index in [4.69, 9.17) is 4.74 Å². The first-order valence-corrected chi connectivity index (χ1v) is 7.18. The Morgan fingerprint density at radius 1 is 1.00 bits per heavy atom. The van der Waals surface area contributed by atoms with Crippen molar-refractivity contribution in [2.75, 3.05) is 12.4 Å². The molecule has 90 valence electrons. The van der Waals surface area contributed by atoms with Crippen LogP contribution in [-0.4, -0.2) is 12.4 Å². The van der Waals surface area contributed by atoms with Crippen LogP contribution in [0.25, 0.3) is 0 Å². The molecule has 0 unspecified atom stereocenters. The largest absolute Gasteiger partial charge is 0.496 e. The summed E-state index contributed by atoms with van der Waals surface area (Å²) in [5.41, 5.74) is 1.34. The molecule has 1 aromatic carbocycles. The molecule has 0 bridgehead atoms. The summed E-state index contributed by atoms with van der Waals surface area (Å²) < 4.78 is 5.33. The van der Waals surface area contributed by atoms with Gasteiger partial charge in [-0.1, -0.05) is 53.4 Å². The van der Waals surface area contributed by atoms with Crippen LogP contribution < -0.4 is 4.74 Å². The van der Waals surface area contributed by atoms with Crippen molar-refractivity contribution >= 4 is 15.9 Å². The number of methoxy groups -OCH3 is 1. The summed E-state index contributed by atoms with van der Waals surface area (Å²) in [7, 11) is 1.74. The normalized spacial score (nSPS) is 10.4. The molecule has 0 N–H and O–H groups in total. The molecular formula is C14H21BrO. The first-order chi connectivity index (χ1) is 7.88. The summed E-state index contributed by atoms with van der Waals surface area (Å²) in [6.07, 6.45) is 7.72. The molecule has 0 aliphatic carbocycles. The number of hydrogen-bond acceptors (Lipinski definition) is 1. The van der Waals surface area contributed by atoms with Crippen molar-refractivity contribution in [3.8, 4) is 5.75 Å². The summed E-state index contributed by atoms with van der Waals surface area (Å²) in [6.45, 7) is 0. The fraction of sp³-hybridized carbons (Fsp3) is 0.571. The maximum absolute atomic E-state index is 5.33. The Hall–Kier alpha value is -0.500. The van der Waals surface area contributed by atoms with E-state index in [1.165, 1.54) is 37.7 Å². The Morgan fingerprint density at radius 2 is 1.69 bits per heavy atom. The van der Waals surface area contributed by atoms with Gasteiger partial charge in [-0.15, -0.1) is 0 Å². The van der Waals surface area contributed by atoms with Crippen molar-refractivity contribution in [3.05, 3.63) is 29.8 Å². The van der Waals surface area contributed by atoms with Crippen molar-refractivity contribution in [2.45, 2.75) is 38.5 Å². The van der Waals surface area contributed by atoms with E-state index >= 15 is 0 Å². The highest BCUT2D eigenvalue weighted by molar-refractivity contribution is 9.09. The molecule has 0 atom stereocenters. The lowest BCUT2D eigenvalue weighted by molar-refractivity contribution is 0.408. The van der Waals surface area contributed by atoms with Crippen molar-refractivity contribution in [2.24, 2.45) is 0 Å². The minimum atomic E-state index is 1.03. The van der Waals surface area contributed by atoms with Gasteiger partial charge in [-0.05, 0) is 30.9 Å². The second-order valence-corrected chi connectivity index (χ2v) is 4.81. The van der Waals surface area contributed by atoms with Gasteiger partial charge in [0.15, 0.2) is 0 Å². The third-order valence-corrected chi connectivity index (χ3v) is 3.33. The predicted octanol–water partition coefficient (Wildman–Crippen LogP) is 4.58. The fourth-order valence-electron chi connectivity index (χ4n) is 1.85. The molecule has 0 saturated carbocycles. The van der Waals surface area contributed by atoms with Gasteiger partial charge in [0, 0.05) is 5.33 Å². The zero-order valence-corrected chi connectivity index (χ0v) is 11.6. The maximum atomic E-state index is 5.33. The van der Waals surface area contributed by atoms with Gasteiger partial charge < -0.3 is 4.74 Å². The number of alkyl halides is 1. The van der Waals surface area contributed by atoms with Crippen molar-refractivity contribution in [1.82, 2.24) is 0 Å². The lowest BCUT2D eigenvalue weighted by Crippen LogP contribution is -1.92. The SMILES string of the molecule is COc1ccccc1CCCCCCCBr. The molecule has 0 aliphatic heterocycles. The smallest absolute Gasteiger partial charge is 0.122 e. The van der Waals surface area contributed by atoms with Crippen molar-refractivity contribution in [1.29, 1.82) is 0 Å². The molecule has 2 heteroatoms. The van der Waals surface area contributed by atoms with E-state index in [9.17, 15) is 0 Å². The lowest BCUT2D eigenvalue weighted by atomic mass is 10.0. The highest BCUT2D eigenvalue weighted by Crippen LogP contribution is 2.20. The van der Waals surface area contributed by atoms with Gasteiger partial charge in [-0.25, -0.2) is 0 Å². The molecule has 0 amide bonds. The van der Waals surface area contributed by atoms with Crippen LogP contribution in [0.3, 0.4) is 0 Å². The van der Waals surface area contributed by atoms with E-state index in [-0.39, 0.29) is 0 Å². The molecule has 0 fully saturated rings. The number of benzene rings is 1. The van der Waals surface area contributed by atoms with Gasteiger partial charge in [0.25, 0.3) is 0 Å². The molecule has 0 radical (unpaired) electrons. The Balaban J connectivity index is 2.21. The number of ether oxygens (including phenoxy) is 1. The topological polar surface area (TPSA) is 9.23 Å². The number of aryl methyl sites for hydroxylation is 1. The van der Waals surface area contributed by atoms with Crippen molar-refractivity contribution < 1.29 is 4.74 Å². The molecule has 0 spiro atoms. The lowest BCUT2D eigenvalue weighted by Gasteiger charge is -2.07. The van der Waals surface area contributed by atoms with E-state index < -0.39 is 0 Å². The van der Waals surface area contributed by atoms with E-state index in [1.807, 2.05) is 12.1 Å². The summed E-state index contributed by atoms with van der Waals surface area (Å²) in [4.78, 5) is 0. The van der Waals surface area contributed by atoms with Gasteiger partial charge in [0.2, 0.25) is 0 Å². The third kappa shape index (κ3) is 5.02. The number of halogens is 1. The van der Waals surface area contributed by atoms with Gasteiger partial charge in [-0.3, -0.25) is 0 Å². The van der Waals surface area contributed by atoms with Gasteiger partial charge >= 0.3 is 0 Å². The zero-order valence-electron chi connectivity index (χ0n) is 10.0. The highest BCUT2D eigenvalue weighted by atomic mass is 79.9. The minimum Gasteiger partial charge on any atom is -0.496 e. The number of rotatable bonds is 8. The van der Waals surface area contributed by atoms with Crippen LogP contribution in [0.5, 0.6) is 5.75 Å². The van der Waals surface area contributed by atoms with Crippen LogP contribution in [0.2, 0.25) is 0 Å². The summed E-state index contributed by atoms with van der Waals surface area (Å²) in [6, 6.07) is 8.32. The summed E-state index contributed by atoms with van der Waals surface area (Å²) in [5.74, 6) is 1.03. The minimum absolute atomic E-state index is 1.03. The highest BCUT2D eigenvalue weighted by Gasteiger charge is 2.00. The summed E-state index contributed by atoms with van der Waals surface area (Å²) in [5, 5.41) is 1.14. The summed E-state index contributed by atoms with van der Waals surface area (Å²) >= 11 is 3.46. The number of para-hydroxylation sites is 1. The Kier molecular flexibility index (Phi) is 7.32. The maximum Gasteiger partial charge on any atom is 0.122 e. The van der Waals surface area contributed by atoms with Crippen molar-refractivity contribution in [3.63, 3.8) is 0 Å². The predicted molar refractivity (Wildman–Crippen MR) is 73.6 cm³/mol. The number of unbranched alkanes of at least 4 members (excludes halogenated alkanes) is 4. The van der Waals surface area contributed by atoms with E-state index in [2.05, 4.69) is 28.1 Å². The molecule has 0 saturated heterocycles. The zero-order chi connectivity index (χ0) is 11.6. The molecule has 16 heavy (non-hydrogen) atoms. The Bertz CT molecular complexity index is 286. The van der Waals surface area contributed by atoms with Gasteiger partial charge in [0.05, 0.1) is 7.11 Å². The molecule has 0 heterocycles. The van der Waals surface area contributed by atoms with Crippen LogP contribution in [0, 0.1) is 0 Å². The molecule has 1 nitrogen and oxygen atoms in total. The average molecular weight is 285 g/mol. The van der Waals surface area contributed by atoms with Crippen LogP contribution >= 0.6 is 15.9 Å². The molecule has 1 aromatic rings. The standard InChI is InChI=1S/C14H21BrO/c1-16-14-11-7-6-10-13(14)9-5-3-2-4-8-12-15/h6-7,10-11H,2-5,8-9,12H2,1H3. The molecule has 1 rings (SSSR count). The monoisotopic (exact) mass is 284 g/mol. The Labute approximate surface area is 107 Å². The average Bonchev–Trinajstić information content (AvgIpc) is 2.34. The third-order valence-electron chi connectivity index (χ3n) is 2.77. The second-order valence-electron chi connectivity index (χ2n) is 4.02. The molecule has 0 aromatic heterocycles. The van der Waals surface area contributed by atoms with Gasteiger partial charge in [0.1, 0.15) is 5.75 Å². The molecule has 0 aliphatic rings. The van der Waals surface area contributed by atoms with E-state index in [1.54, 1.807) is 7.11 Å². The fourth-order valence-corrected chi connectivity index (χ4v) is 2.25. The van der Waals surface area contributed by atoms with Crippen LogP contribution in [0.4, 0.5) is 0 Å². The second kappa shape index (κ2) is 8.63. The Morgan fingerprint density at radius 3 is 2.44 bits per heavy atom.